The molecule has 4 nitrogen and oxygen atoms in total. The van der Waals surface area contributed by atoms with Crippen LogP contribution in [-0.4, -0.2) is 13.0 Å². The van der Waals surface area contributed by atoms with Gasteiger partial charge < -0.3 is 4.57 Å². The minimum atomic E-state index is -3.72. The van der Waals surface area contributed by atoms with Crippen molar-refractivity contribution in [2.45, 2.75) is 4.90 Å². The zero-order chi connectivity index (χ0) is 16.7. The monoisotopic (exact) mass is 354 g/mol. The van der Waals surface area contributed by atoms with Gasteiger partial charge in [-0.15, -0.1) is 4.40 Å². The van der Waals surface area contributed by atoms with Crippen LogP contribution in [0.3, 0.4) is 0 Å². The van der Waals surface area contributed by atoms with Crippen molar-refractivity contribution in [3.05, 3.63) is 71.5 Å². The van der Waals surface area contributed by atoms with Crippen molar-refractivity contribution in [3.63, 3.8) is 0 Å². The number of nitrogens with zero attached hydrogens (tertiary/aromatic N) is 2. The lowest BCUT2D eigenvalue weighted by molar-refractivity contribution is 0.596. The second kappa shape index (κ2) is 5.58. The molecule has 4 aromatic rings. The molecule has 0 aliphatic rings. The molecule has 0 saturated carbocycles. The van der Waals surface area contributed by atoms with Crippen molar-refractivity contribution < 1.29 is 8.42 Å². The highest BCUT2D eigenvalue weighted by Crippen LogP contribution is 2.27. The number of fused-ring (bicyclic) bond motifs is 3. The first-order valence-electron chi connectivity index (χ1n) is 7.40. The van der Waals surface area contributed by atoms with Crippen LogP contribution >= 0.6 is 11.3 Å². The minimum Gasteiger partial charge on any atom is -0.319 e. The fourth-order valence-corrected chi connectivity index (χ4v) is 5.09. The third-order valence-electron chi connectivity index (χ3n) is 3.94. The van der Waals surface area contributed by atoms with Crippen LogP contribution in [0.15, 0.2) is 76.0 Å². The van der Waals surface area contributed by atoms with Crippen molar-refractivity contribution in [2.24, 2.45) is 11.4 Å². The van der Waals surface area contributed by atoms with E-state index in [1.807, 2.05) is 48.0 Å². The molecule has 1 aromatic heterocycles. The van der Waals surface area contributed by atoms with E-state index in [0.29, 0.717) is 4.80 Å². The third-order valence-corrected chi connectivity index (χ3v) is 6.52. The van der Waals surface area contributed by atoms with E-state index >= 15 is 0 Å². The zero-order valence-electron chi connectivity index (χ0n) is 12.9. The van der Waals surface area contributed by atoms with Gasteiger partial charge in [0.05, 0.1) is 15.1 Å². The van der Waals surface area contributed by atoms with Crippen molar-refractivity contribution in [1.29, 1.82) is 0 Å². The summed E-state index contributed by atoms with van der Waals surface area (Å²) in [5, 5.41) is 2.23. The Hall–Kier alpha value is -2.44. The summed E-state index contributed by atoms with van der Waals surface area (Å²) in [7, 11) is -1.88. The van der Waals surface area contributed by atoms with Gasteiger partial charge >= 0.3 is 0 Å². The molecule has 6 heteroatoms. The average molecular weight is 354 g/mol. The van der Waals surface area contributed by atoms with Gasteiger partial charge in [-0.25, -0.2) is 0 Å². The Morgan fingerprint density at radius 3 is 2.42 bits per heavy atom. The average Bonchev–Trinajstić information content (AvgIpc) is 2.92. The predicted octanol–water partition coefficient (Wildman–Crippen LogP) is 3.68. The van der Waals surface area contributed by atoms with E-state index in [2.05, 4.69) is 4.40 Å². The Kier molecular flexibility index (Phi) is 3.51. The molecule has 1 heterocycles. The molecule has 0 amide bonds. The van der Waals surface area contributed by atoms with E-state index in [0.717, 1.165) is 21.0 Å². The van der Waals surface area contributed by atoms with Gasteiger partial charge in [0.25, 0.3) is 10.0 Å². The van der Waals surface area contributed by atoms with Crippen LogP contribution in [0.4, 0.5) is 0 Å². The van der Waals surface area contributed by atoms with Crippen molar-refractivity contribution in [1.82, 2.24) is 4.57 Å². The second-order valence-corrected chi connectivity index (χ2v) is 8.04. The highest BCUT2D eigenvalue weighted by Gasteiger charge is 2.14. The largest absolute Gasteiger partial charge is 0.319 e. The number of thiazole rings is 1. The highest BCUT2D eigenvalue weighted by atomic mass is 32.2. The molecule has 0 unspecified atom stereocenters. The number of aryl methyl sites for hydroxylation is 1. The molecule has 0 aliphatic heterocycles. The Labute approximate surface area is 143 Å². The highest BCUT2D eigenvalue weighted by molar-refractivity contribution is 7.90. The van der Waals surface area contributed by atoms with Gasteiger partial charge in [-0.3, -0.25) is 0 Å². The Morgan fingerprint density at radius 1 is 0.917 bits per heavy atom. The molecule has 0 N–H and O–H groups in total. The third kappa shape index (κ3) is 2.44. The first-order valence-corrected chi connectivity index (χ1v) is 9.65. The molecule has 0 radical (unpaired) electrons. The molecule has 0 aliphatic carbocycles. The first-order chi connectivity index (χ1) is 11.6. The van der Waals surface area contributed by atoms with Crippen LogP contribution in [0.1, 0.15) is 0 Å². The Morgan fingerprint density at radius 2 is 1.62 bits per heavy atom. The molecular formula is C18H14N2O2S2. The summed E-state index contributed by atoms with van der Waals surface area (Å²) in [5.41, 5.74) is 0.973. The maximum Gasteiger partial charge on any atom is 0.285 e. The van der Waals surface area contributed by atoms with E-state index in [9.17, 15) is 8.42 Å². The van der Waals surface area contributed by atoms with Gasteiger partial charge in [0.15, 0.2) is 0 Å². The molecule has 120 valence electrons. The summed E-state index contributed by atoms with van der Waals surface area (Å²) in [5.74, 6) is 0. The first kappa shape index (κ1) is 15.1. The maximum absolute atomic E-state index is 12.5. The smallest absolute Gasteiger partial charge is 0.285 e. The molecular weight excluding hydrogens is 340 g/mol. The molecule has 0 saturated heterocycles. The van der Waals surface area contributed by atoms with Gasteiger partial charge in [-0.1, -0.05) is 59.9 Å². The van der Waals surface area contributed by atoms with Gasteiger partial charge in [-0.2, -0.15) is 8.42 Å². The van der Waals surface area contributed by atoms with E-state index in [4.69, 9.17) is 0 Å². The van der Waals surface area contributed by atoms with Crippen LogP contribution in [0.5, 0.6) is 0 Å². The van der Waals surface area contributed by atoms with Crippen molar-refractivity contribution in [3.8, 4) is 0 Å². The van der Waals surface area contributed by atoms with Crippen LogP contribution < -0.4 is 4.80 Å². The van der Waals surface area contributed by atoms with Crippen LogP contribution in [-0.2, 0) is 17.1 Å². The van der Waals surface area contributed by atoms with Crippen LogP contribution in [0.25, 0.3) is 21.0 Å². The standard InChI is InChI=1S/C18H14N2O2S2/c1-20-16-12-11-13-7-5-6-10-15(13)17(16)23-18(20)19-24(21,22)14-8-3-2-4-9-14/h2-12H,1H3. The minimum absolute atomic E-state index is 0.201. The summed E-state index contributed by atoms with van der Waals surface area (Å²) in [6.45, 7) is 0. The number of benzene rings is 3. The lowest BCUT2D eigenvalue weighted by atomic mass is 10.1. The lowest BCUT2D eigenvalue weighted by Gasteiger charge is -2.00. The van der Waals surface area contributed by atoms with Gasteiger partial charge in [0, 0.05) is 12.4 Å². The van der Waals surface area contributed by atoms with Crippen molar-refractivity contribution in [2.75, 3.05) is 0 Å². The van der Waals surface area contributed by atoms with E-state index in [-0.39, 0.29) is 4.90 Å². The number of aromatic nitrogens is 1. The summed E-state index contributed by atoms with van der Waals surface area (Å²) < 4.78 is 32.0. The van der Waals surface area contributed by atoms with Crippen molar-refractivity contribution >= 4 is 42.3 Å². The number of rotatable bonds is 2. The van der Waals surface area contributed by atoms with E-state index in [1.54, 1.807) is 30.3 Å². The summed E-state index contributed by atoms with van der Waals surface area (Å²) in [6, 6.07) is 20.4. The summed E-state index contributed by atoms with van der Waals surface area (Å²) in [4.78, 5) is 0.664. The van der Waals surface area contributed by atoms with Crippen LogP contribution in [0, 0.1) is 0 Å². The topological polar surface area (TPSA) is 51.4 Å². The Bertz CT molecular complexity index is 1220. The molecule has 0 bridgehead atoms. The predicted molar refractivity (Wildman–Crippen MR) is 97.5 cm³/mol. The molecule has 24 heavy (non-hydrogen) atoms. The number of hydrogen-bond donors (Lipinski definition) is 0. The quantitative estimate of drug-likeness (QED) is 0.551. The molecule has 4 rings (SSSR count). The zero-order valence-corrected chi connectivity index (χ0v) is 14.5. The lowest BCUT2D eigenvalue weighted by Crippen LogP contribution is -2.13. The number of hydrogen-bond acceptors (Lipinski definition) is 3. The summed E-state index contributed by atoms with van der Waals surface area (Å²) in [6.07, 6.45) is 0. The SMILES string of the molecule is Cn1c(=NS(=O)(=O)c2ccccc2)sc2c3ccccc3ccc21. The maximum atomic E-state index is 12.5. The second-order valence-electron chi connectivity index (χ2n) is 5.46. The molecule has 0 fully saturated rings. The Balaban J connectivity index is 2.01. The van der Waals surface area contributed by atoms with Gasteiger partial charge in [0.2, 0.25) is 4.80 Å². The van der Waals surface area contributed by atoms with Gasteiger partial charge in [-0.05, 0) is 23.6 Å². The van der Waals surface area contributed by atoms with E-state index in [1.165, 1.54) is 11.3 Å². The fraction of sp³-hybridized carbons (Fsp3) is 0.0556. The normalized spacial score (nSPS) is 13.0. The van der Waals surface area contributed by atoms with Gasteiger partial charge in [0.1, 0.15) is 0 Å². The molecule has 3 aromatic carbocycles. The molecule has 0 spiro atoms. The fourth-order valence-electron chi connectivity index (χ4n) is 2.69. The molecule has 0 atom stereocenters. The number of sulfonamides is 1. The van der Waals surface area contributed by atoms with E-state index < -0.39 is 10.0 Å². The summed E-state index contributed by atoms with van der Waals surface area (Å²) >= 11 is 1.39. The van der Waals surface area contributed by atoms with Crippen LogP contribution in [0.2, 0.25) is 0 Å².